The van der Waals surface area contributed by atoms with Crippen LogP contribution in [0.25, 0.3) is 0 Å². The normalized spacial score (nSPS) is 12.3. The smallest absolute Gasteiger partial charge is 0.119 e. The molecule has 1 aromatic carbocycles. The maximum Gasteiger partial charge on any atom is 0.119 e. The van der Waals surface area contributed by atoms with Crippen molar-refractivity contribution in [3.63, 3.8) is 0 Å². The van der Waals surface area contributed by atoms with E-state index in [2.05, 4.69) is 30.5 Å². The highest BCUT2D eigenvalue weighted by Crippen LogP contribution is 2.18. The van der Waals surface area contributed by atoms with Gasteiger partial charge >= 0.3 is 0 Å². The van der Waals surface area contributed by atoms with Gasteiger partial charge in [-0.15, -0.1) is 0 Å². The molecule has 21 heavy (non-hydrogen) atoms. The molecule has 0 aliphatic rings. The summed E-state index contributed by atoms with van der Waals surface area (Å²) < 4.78 is 7.82. The summed E-state index contributed by atoms with van der Waals surface area (Å²) in [5, 5.41) is 8.53. The molecule has 1 atom stereocenters. The minimum Gasteiger partial charge on any atom is -0.492 e. The summed E-state index contributed by atoms with van der Waals surface area (Å²) in [5.74, 6) is 0.822. The number of hydrogen-bond donors (Lipinski definition) is 1. The lowest BCUT2D eigenvalue weighted by atomic mass is 10.2. The van der Waals surface area contributed by atoms with Crippen LogP contribution in [-0.2, 0) is 6.54 Å². The highest BCUT2D eigenvalue weighted by molar-refractivity contribution is 6.30. The number of aryl methyl sites for hydroxylation is 1. The van der Waals surface area contributed by atoms with E-state index in [0.29, 0.717) is 11.6 Å². The summed E-state index contributed by atoms with van der Waals surface area (Å²) in [4.78, 5) is 0. The molecule has 2 rings (SSSR count). The molecule has 0 amide bonds. The lowest BCUT2D eigenvalue weighted by Crippen LogP contribution is -2.26. The number of aromatic nitrogens is 2. The number of nitrogens with zero attached hydrogens (tertiary/aromatic N) is 2. The third kappa shape index (κ3) is 4.76. The molecule has 0 saturated carbocycles. The van der Waals surface area contributed by atoms with Crippen LogP contribution in [0.15, 0.2) is 36.7 Å². The van der Waals surface area contributed by atoms with Crippen LogP contribution < -0.4 is 10.1 Å². The molecule has 0 aliphatic heterocycles. The largest absolute Gasteiger partial charge is 0.492 e. The molecule has 0 bridgehead atoms. The van der Waals surface area contributed by atoms with E-state index in [4.69, 9.17) is 16.3 Å². The van der Waals surface area contributed by atoms with E-state index in [0.717, 1.165) is 30.8 Å². The predicted molar refractivity (Wildman–Crippen MR) is 85.9 cm³/mol. The molecule has 1 heterocycles. The molecule has 0 aliphatic carbocycles. The minimum atomic E-state index is 0.135. The molecule has 0 saturated heterocycles. The molecule has 0 fully saturated rings. The van der Waals surface area contributed by atoms with Gasteiger partial charge in [0.05, 0.1) is 12.2 Å². The maximum absolute atomic E-state index is 5.87. The van der Waals surface area contributed by atoms with Crippen LogP contribution in [0.1, 0.15) is 31.9 Å². The quantitative estimate of drug-likeness (QED) is 0.808. The molecule has 2 aromatic rings. The maximum atomic E-state index is 5.87. The van der Waals surface area contributed by atoms with Gasteiger partial charge in [0.15, 0.2) is 0 Å². The molecular weight excluding hydrogens is 286 g/mol. The van der Waals surface area contributed by atoms with Gasteiger partial charge in [-0.1, -0.05) is 25.4 Å². The first kappa shape index (κ1) is 15.9. The standard InChI is InChI=1S/C16H22ClN3O/c1-3-9-20-11-13(10-19-20)16(18-4-2)12-21-15-7-5-14(17)6-8-15/h5-8,10-11,16,18H,3-4,9,12H2,1-2H3. The van der Waals surface area contributed by atoms with E-state index >= 15 is 0 Å². The SMILES string of the molecule is CCCn1cc(C(COc2ccc(Cl)cc2)NCC)cn1. The number of benzene rings is 1. The van der Waals surface area contributed by atoms with Crippen LogP contribution in [0.2, 0.25) is 5.02 Å². The Morgan fingerprint density at radius 3 is 2.71 bits per heavy atom. The van der Waals surface area contributed by atoms with Gasteiger partial charge in [-0.05, 0) is 37.2 Å². The van der Waals surface area contributed by atoms with Crippen LogP contribution in [0, 0.1) is 0 Å². The van der Waals surface area contributed by atoms with Crippen molar-refractivity contribution in [1.82, 2.24) is 15.1 Å². The fraction of sp³-hybridized carbons (Fsp3) is 0.438. The number of likely N-dealkylation sites (N-methyl/N-ethyl adjacent to an activating group) is 1. The second-order valence-electron chi connectivity index (χ2n) is 4.91. The predicted octanol–water partition coefficient (Wildman–Crippen LogP) is 3.68. The fourth-order valence-corrected chi connectivity index (χ4v) is 2.27. The van der Waals surface area contributed by atoms with Gasteiger partial charge in [0.2, 0.25) is 0 Å². The Bertz CT molecular complexity index is 539. The van der Waals surface area contributed by atoms with Crippen LogP contribution in [0.5, 0.6) is 5.75 Å². The Labute approximate surface area is 131 Å². The number of halogens is 1. The third-order valence-corrected chi connectivity index (χ3v) is 3.44. The van der Waals surface area contributed by atoms with Crippen LogP contribution in [0.4, 0.5) is 0 Å². The third-order valence-electron chi connectivity index (χ3n) is 3.19. The first-order valence-electron chi connectivity index (χ1n) is 7.37. The van der Waals surface area contributed by atoms with Gasteiger partial charge in [0, 0.05) is 23.3 Å². The van der Waals surface area contributed by atoms with Crippen LogP contribution in [-0.4, -0.2) is 22.9 Å². The molecule has 0 radical (unpaired) electrons. The number of hydrogen-bond acceptors (Lipinski definition) is 3. The zero-order chi connectivity index (χ0) is 15.1. The Balaban J connectivity index is 1.99. The van der Waals surface area contributed by atoms with Crippen LogP contribution in [0.3, 0.4) is 0 Å². The highest BCUT2D eigenvalue weighted by Gasteiger charge is 2.13. The zero-order valence-electron chi connectivity index (χ0n) is 12.6. The Morgan fingerprint density at radius 1 is 1.29 bits per heavy atom. The monoisotopic (exact) mass is 307 g/mol. The molecule has 4 nitrogen and oxygen atoms in total. The fourth-order valence-electron chi connectivity index (χ4n) is 2.14. The average Bonchev–Trinajstić information content (AvgIpc) is 2.94. The molecule has 1 unspecified atom stereocenters. The van der Waals surface area contributed by atoms with Crippen molar-refractivity contribution in [1.29, 1.82) is 0 Å². The number of ether oxygens (including phenoxy) is 1. The molecule has 1 N–H and O–H groups in total. The Hall–Kier alpha value is -1.52. The summed E-state index contributed by atoms with van der Waals surface area (Å²) in [6.07, 6.45) is 5.07. The van der Waals surface area contributed by atoms with E-state index in [1.54, 1.807) is 0 Å². The first-order valence-corrected chi connectivity index (χ1v) is 7.74. The van der Waals surface area contributed by atoms with E-state index in [1.807, 2.05) is 35.1 Å². The molecule has 114 valence electrons. The summed E-state index contributed by atoms with van der Waals surface area (Å²) in [6.45, 7) is 6.62. The highest BCUT2D eigenvalue weighted by atomic mass is 35.5. The van der Waals surface area contributed by atoms with Crippen molar-refractivity contribution >= 4 is 11.6 Å². The second-order valence-corrected chi connectivity index (χ2v) is 5.35. The van der Waals surface area contributed by atoms with Gasteiger partial charge < -0.3 is 10.1 Å². The van der Waals surface area contributed by atoms with Gasteiger partial charge in [-0.2, -0.15) is 5.10 Å². The van der Waals surface area contributed by atoms with E-state index in [1.165, 1.54) is 0 Å². The van der Waals surface area contributed by atoms with Crippen LogP contribution >= 0.6 is 11.6 Å². The molecule has 5 heteroatoms. The van der Waals surface area contributed by atoms with Gasteiger partial charge in [0.1, 0.15) is 12.4 Å². The number of nitrogens with one attached hydrogen (secondary N) is 1. The minimum absolute atomic E-state index is 0.135. The lowest BCUT2D eigenvalue weighted by molar-refractivity contribution is 0.268. The zero-order valence-corrected chi connectivity index (χ0v) is 13.3. The Morgan fingerprint density at radius 2 is 2.05 bits per heavy atom. The summed E-state index contributed by atoms with van der Waals surface area (Å²) in [7, 11) is 0. The first-order chi connectivity index (χ1) is 10.2. The second kappa shape index (κ2) is 8.05. The van der Waals surface area contributed by atoms with E-state index < -0.39 is 0 Å². The van der Waals surface area contributed by atoms with Crippen molar-refractivity contribution in [2.24, 2.45) is 0 Å². The van der Waals surface area contributed by atoms with Gasteiger partial charge in [-0.3, -0.25) is 4.68 Å². The molecular formula is C16H22ClN3O. The summed E-state index contributed by atoms with van der Waals surface area (Å²) in [5.41, 5.74) is 1.15. The van der Waals surface area contributed by atoms with Crippen molar-refractivity contribution < 1.29 is 4.74 Å². The summed E-state index contributed by atoms with van der Waals surface area (Å²) in [6, 6.07) is 7.56. The van der Waals surface area contributed by atoms with E-state index in [9.17, 15) is 0 Å². The average molecular weight is 308 g/mol. The molecule has 0 spiro atoms. The van der Waals surface area contributed by atoms with Crippen molar-refractivity contribution in [3.8, 4) is 5.75 Å². The lowest BCUT2D eigenvalue weighted by Gasteiger charge is -2.17. The Kier molecular flexibility index (Phi) is 6.08. The van der Waals surface area contributed by atoms with Gasteiger partial charge in [-0.25, -0.2) is 0 Å². The van der Waals surface area contributed by atoms with Crippen molar-refractivity contribution in [3.05, 3.63) is 47.2 Å². The topological polar surface area (TPSA) is 39.1 Å². The summed E-state index contributed by atoms with van der Waals surface area (Å²) >= 11 is 5.87. The van der Waals surface area contributed by atoms with Crippen molar-refractivity contribution in [2.45, 2.75) is 32.9 Å². The van der Waals surface area contributed by atoms with E-state index in [-0.39, 0.29) is 6.04 Å². The number of rotatable bonds is 8. The molecule has 1 aromatic heterocycles. The van der Waals surface area contributed by atoms with Gasteiger partial charge in [0.25, 0.3) is 0 Å². The van der Waals surface area contributed by atoms with Crippen molar-refractivity contribution in [2.75, 3.05) is 13.2 Å².